The Morgan fingerprint density at radius 1 is 1.00 bits per heavy atom. The Kier molecular flexibility index (Phi) is 2.66. The van der Waals surface area contributed by atoms with Gasteiger partial charge in [-0.2, -0.15) is 0 Å². The fourth-order valence-corrected chi connectivity index (χ4v) is 7.44. The molecule has 1 saturated heterocycles. The molecule has 0 aromatic heterocycles. The Hall–Kier alpha value is -0.370. The number of epoxide rings is 1. The maximum atomic E-state index is 12.4. The summed E-state index contributed by atoms with van der Waals surface area (Å²) in [6, 6.07) is 0. The minimum absolute atomic E-state index is 0.0415. The summed E-state index contributed by atoms with van der Waals surface area (Å²) in [5.41, 5.74) is 0.885. The van der Waals surface area contributed by atoms with Crippen LogP contribution in [-0.2, 0) is 9.53 Å². The van der Waals surface area contributed by atoms with Gasteiger partial charge in [0.05, 0.1) is 12.2 Å². The van der Waals surface area contributed by atoms with Crippen molar-refractivity contribution in [1.29, 1.82) is 0 Å². The average Bonchev–Trinajstić information content (AvgIpc) is 3.19. The van der Waals surface area contributed by atoms with E-state index in [4.69, 9.17) is 4.74 Å². The first-order chi connectivity index (χ1) is 10.5. The van der Waals surface area contributed by atoms with Crippen LogP contribution < -0.4 is 0 Å². The molecule has 5 aliphatic rings. The number of ether oxygens (including phenoxy) is 1. The summed E-state index contributed by atoms with van der Waals surface area (Å²) in [4.78, 5) is 12.4. The van der Waals surface area contributed by atoms with E-state index in [0.717, 1.165) is 30.8 Å². The number of carbonyl (C=O) groups is 1. The third-order valence-electron chi connectivity index (χ3n) is 9.06. The first-order valence-corrected chi connectivity index (χ1v) is 9.64. The predicted molar refractivity (Wildman–Crippen MR) is 85.4 cm³/mol. The summed E-state index contributed by atoms with van der Waals surface area (Å²) in [6.07, 6.45) is 11.3. The summed E-state index contributed by atoms with van der Waals surface area (Å²) in [7, 11) is 0. The van der Waals surface area contributed by atoms with Crippen LogP contribution in [-0.4, -0.2) is 18.0 Å². The van der Waals surface area contributed by atoms with Gasteiger partial charge in [-0.1, -0.05) is 13.8 Å². The van der Waals surface area contributed by atoms with Crippen LogP contribution in [0.1, 0.15) is 71.6 Å². The van der Waals surface area contributed by atoms with Gasteiger partial charge in [-0.3, -0.25) is 4.79 Å². The van der Waals surface area contributed by atoms with E-state index in [-0.39, 0.29) is 5.41 Å². The van der Waals surface area contributed by atoms with Crippen molar-refractivity contribution in [1.82, 2.24) is 0 Å². The lowest BCUT2D eigenvalue weighted by atomic mass is 9.44. The van der Waals surface area contributed by atoms with Gasteiger partial charge < -0.3 is 4.74 Å². The second-order valence-electron chi connectivity index (χ2n) is 9.75. The molecule has 1 spiro atoms. The van der Waals surface area contributed by atoms with Gasteiger partial charge in [-0.15, -0.1) is 0 Å². The molecule has 4 saturated carbocycles. The van der Waals surface area contributed by atoms with Crippen LogP contribution in [0.3, 0.4) is 0 Å². The van der Waals surface area contributed by atoms with Gasteiger partial charge in [0.25, 0.3) is 0 Å². The van der Waals surface area contributed by atoms with Crippen LogP contribution in [0.15, 0.2) is 0 Å². The molecule has 2 heteroatoms. The third kappa shape index (κ3) is 1.63. The number of hydrogen-bond acceptors (Lipinski definition) is 2. The molecule has 0 N–H and O–H groups in total. The Bertz CT molecular complexity index is 522. The second kappa shape index (κ2) is 4.18. The molecule has 0 unspecified atom stereocenters. The van der Waals surface area contributed by atoms with E-state index in [1.807, 2.05) is 0 Å². The topological polar surface area (TPSA) is 29.6 Å². The highest BCUT2D eigenvalue weighted by atomic mass is 16.6. The molecular formula is C20H30O2. The minimum atomic E-state index is 0.0415. The second-order valence-corrected chi connectivity index (χ2v) is 9.75. The molecule has 0 aromatic rings. The Balaban J connectivity index is 1.45. The lowest BCUT2D eigenvalue weighted by Crippen LogP contribution is -2.54. The lowest BCUT2D eigenvalue weighted by Gasteiger charge is -2.60. The van der Waals surface area contributed by atoms with Crippen molar-refractivity contribution in [2.24, 2.45) is 34.5 Å². The van der Waals surface area contributed by atoms with Gasteiger partial charge in [0, 0.05) is 11.8 Å². The molecule has 5 rings (SSSR count). The van der Waals surface area contributed by atoms with Crippen molar-refractivity contribution in [2.45, 2.75) is 77.2 Å². The molecule has 0 aromatic carbocycles. The summed E-state index contributed by atoms with van der Waals surface area (Å²) < 4.78 is 5.82. The molecule has 22 heavy (non-hydrogen) atoms. The number of rotatable bonds is 0. The standard InChI is InChI=1S/C20H30O2/c1-18-9-10-20(12-22-20)11-13(18)3-4-14-15-5-6-17(21)19(15,2)8-7-16(14)18/h13-16H,3-12H2,1-2H3/t13-,14-,15-,16-,18-,19-,20-/m0/s1. The van der Waals surface area contributed by atoms with Gasteiger partial charge in [0.2, 0.25) is 0 Å². The molecule has 0 radical (unpaired) electrons. The molecule has 4 aliphatic carbocycles. The SMILES string of the molecule is C[C@]12CC[C@@]3(CO3)C[C@@H]1CC[C@@H]1[C@@H]2CC[C@]2(C)C(=O)CC[C@@H]12. The van der Waals surface area contributed by atoms with E-state index in [1.165, 1.54) is 51.4 Å². The van der Waals surface area contributed by atoms with E-state index in [0.29, 0.717) is 22.7 Å². The van der Waals surface area contributed by atoms with E-state index in [2.05, 4.69) is 13.8 Å². The van der Waals surface area contributed by atoms with Gasteiger partial charge in [-0.05, 0) is 80.5 Å². The van der Waals surface area contributed by atoms with Gasteiger partial charge in [0.15, 0.2) is 0 Å². The number of carbonyl (C=O) groups excluding carboxylic acids is 1. The van der Waals surface area contributed by atoms with Crippen molar-refractivity contribution in [3.8, 4) is 0 Å². The van der Waals surface area contributed by atoms with Crippen LogP contribution >= 0.6 is 0 Å². The zero-order valence-electron chi connectivity index (χ0n) is 14.2. The smallest absolute Gasteiger partial charge is 0.139 e. The highest BCUT2D eigenvalue weighted by Crippen LogP contribution is 2.67. The summed E-state index contributed by atoms with van der Waals surface area (Å²) >= 11 is 0. The molecule has 0 amide bonds. The minimum Gasteiger partial charge on any atom is -0.370 e. The van der Waals surface area contributed by atoms with Crippen LogP contribution in [0, 0.1) is 34.5 Å². The third-order valence-corrected chi connectivity index (χ3v) is 9.06. The first-order valence-electron chi connectivity index (χ1n) is 9.64. The van der Waals surface area contributed by atoms with Crippen LogP contribution in [0.5, 0.6) is 0 Å². The van der Waals surface area contributed by atoms with Crippen LogP contribution in [0.2, 0.25) is 0 Å². The van der Waals surface area contributed by atoms with E-state index < -0.39 is 0 Å². The monoisotopic (exact) mass is 302 g/mol. The van der Waals surface area contributed by atoms with E-state index >= 15 is 0 Å². The normalized spacial score (nSPS) is 59.8. The average molecular weight is 302 g/mol. The summed E-state index contributed by atoms with van der Waals surface area (Å²) in [5, 5.41) is 0. The van der Waals surface area contributed by atoms with Crippen molar-refractivity contribution in [3.05, 3.63) is 0 Å². The summed E-state index contributed by atoms with van der Waals surface area (Å²) in [5.74, 6) is 3.88. The van der Waals surface area contributed by atoms with Crippen LogP contribution in [0.25, 0.3) is 0 Å². The van der Waals surface area contributed by atoms with Crippen molar-refractivity contribution >= 4 is 5.78 Å². The van der Waals surface area contributed by atoms with E-state index in [9.17, 15) is 4.79 Å². The molecule has 7 atom stereocenters. The van der Waals surface area contributed by atoms with Crippen LogP contribution in [0.4, 0.5) is 0 Å². The van der Waals surface area contributed by atoms with Gasteiger partial charge >= 0.3 is 0 Å². The fourth-order valence-electron chi connectivity index (χ4n) is 7.44. The maximum absolute atomic E-state index is 12.4. The molecule has 2 nitrogen and oxygen atoms in total. The molecule has 1 aliphatic heterocycles. The molecule has 0 bridgehead atoms. The fraction of sp³-hybridized carbons (Fsp3) is 0.950. The molecule has 5 fully saturated rings. The number of fused-ring (bicyclic) bond motifs is 5. The Morgan fingerprint density at radius 2 is 1.82 bits per heavy atom. The van der Waals surface area contributed by atoms with E-state index in [1.54, 1.807) is 0 Å². The van der Waals surface area contributed by atoms with Crippen molar-refractivity contribution < 1.29 is 9.53 Å². The highest BCUT2D eigenvalue weighted by Gasteiger charge is 2.63. The molecule has 122 valence electrons. The Morgan fingerprint density at radius 3 is 2.59 bits per heavy atom. The van der Waals surface area contributed by atoms with Crippen molar-refractivity contribution in [3.63, 3.8) is 0 Å². The zero-order valence-corrected chi connectivity index (χ0v) is 14.2. The van der Waals surface area contributed by atoms with Gasteiger partial charge in [0.1, 0.15) is 5.78 Å². The summed E-state index contributed by atoms with van der Waals surface area (Å²) in [6.45, 7) is 5.93. The first kappa shape index (κ1) is 14.0. The number of hydrogen-bond donors (Lipinski definition) is 0. The lowest BCUT2D eigenvalue weighted by molar-refractivity contribution is -0.140. The number of Topliss-reactive ketones (excluding diaryl/α,β-unsaturated/α-hetero) is 1. The quantitative estimate of drug-likeness (QED) is 0.622. The highest BCUT2D eigenvalue weighted by molar-refractivity contribution is 5.87. The van der Waals surface area contributed by atoms with Gasteiger partial charge in [-0.25, -0.2) is 0 Å². The molecular weight excluding hydrogens is 272 g/mol. The Labute approximate surface area is 134 Å². The molecule has 1 heterocycles. The maximum Gasteiger partial charge on any atom is 0.139 e. The largest absolute Gasteiger partial charge is 0.370 e. The number of ketones is 1. The predicted octanol–water partition coefficient (Wildman–Crippen LogP) is 4.37. The van der Waals surface area contributed by atoms with Crippen molar-refractivity contribution in [2.75, 3.05) is 6.61 Å². The zero-order chi connectivity index (χ0) is 15.2.